The minimum absolute atomic E-state index is 0.423. The van der Waals surface area contributed by atoms with E-state index >= 15 is 0 Å². The van der Waals surface area contributed by atoms with Gasteiger partial charge in [0, 0.05) is 12.7 Å². The second kappa shape index (κ2) is 8.96. The van der Waals surface area contributed by atoms with Gasteiger partial charge in [0.15, 0.2) is 12.4 Å². The van der Waals surface area contributed by atoms with Crippen molar-refractivity contribution in [1.82, 2.24) is 5.32 Å². The van der Waals surface area contributed by atoms with Crippen LogP contribution >= 0.6 is 0 Å². The van der Waals surface area contributed by atoms with E-state index in [-0.39, 0.29) is 0 Å². The van der Waals surface area contributed by atoms with E-state index in [1.165, 1.54) is 0 Å². The third-order valence-corrected chi connectivity index (χ3v) is 3.72. The Hall–Kier alpha value is -2.33. The number of rotatable bonds is 9. The molecule has 1 atom stereocenters. The lowest BCUT2D eigenvalue weighted by Crippen LogP contribution is -2.21. The summed E-state index contributed by atoms with van der Waals surface area (Å²) in [5.41, 5.74) is 2.01. The predicted octanol–water partition coefficient (Wildman–Crippen LogP) is 3.40. The molecule has 0 fully saturated rings. The molecule has 0 saturated carbocycles. The molecule has 0 bridgehead atoms. The first-order valence-corrected chi connectivity index (χ1v) is 7.90. The minimum atomic E-state index is -0.423. The summed E-state index contributed by atoms with van der Waals surface area (Å²) >= 11 is 0. The summed E-state index contributed by atoms with van der Waals surface area (Å²) in [4.78, 5) is 13.4. The summed E-state index contributed by atoms with van der Waals surface area (Å²) in [5.74, 6) is 0.723. The van der Waals surface area contributed by atoms with Crippen LogP contribution in [-0.2, 0) is 4.79 Å². The zero-order valence-corrected chi connectivity index (χ0v) is 13.7. The van der Waals surface area contributed by atoms with E-state index in [9.17, 15) is 4.79 Å². The summed E-state index contributed by atoms with van der Waals surface area (Å²) in [6.45, 7) is 0.874. The molecule has 2 aromatic rings. The number of carbonyl (C=O) groups is 1. The highest BCUT2D eigenvalue weighted by molar-refractivity contribution is 5.69. The van der Waals surface area contributed by atoms with Crippen LogP contribution in [0.25, 0.3) is 0 Å². The molecule has 0 aliphatic rings. The molecule has 2 aromatic carbocycles. The fraction of sp³-hybridized carbons (Fsp3) is 0.316. The van der Waals surface area contributed by atoms with Crippen LogP contribution in [-0.4, -0.2) is 33.0 Å². The topological polar surface area (TPSA) is 41.6 Å². The van der Waals surface area contributed by atoms with Crippen LogP contribution in [0.4, 0.5) is 11.4 Å². The van der Waals surface area contributed by atoms with Crippen molar-refractivity contribution in [3.63, 3.8) is 0 Å². The maximum Gasteiger partial charge on any atom is 0.160 e. The van der Waals surface area contributed by atoms with Crippen molar-refractivity contribution < 1.29 is 9.53 Å². The Balaban J connectivity index is 2.15. The lowest BCUT2D eigenvalue weighted by Gasteiger charge is -2.24. The average molecular weight is 312 g/mol. The average Bonchev–Trinajstić information content (AvgIpc) is 2.61. The minimum Gasteiger partial charge on any atom is -0.481 e. The van der Waals surface area contributed by atoms with Crippen LogP contribution in [0.15, 0.2) is 54.6 Å². The van der Waals surface area contributed by atoms with Gasteiger partial charge in [0.05, 0.1) is 5.69 Å². The third-order valence-electron chi connectivity index (χ3n) is 3.72. The van der Waals surface area contributed by atoms with Gasteiger partial charge in [-0.05, 0) is 50.7 Å². The number of para-hydroxylation sites is 3. The molecule has 122 valence electrons. The van der Waals surface area contributed by atoms with Gasteiger partial charge in [-0.25, -0.2) is 0 Å². The van der Waals surface area contributed by atoms with Crippen LogP contribution in [0.5, 0.6) is 5.75 Å². The molecule has 23 heavy (non-hydrogen) atoms. The number of nitrogens with one attached hydrogen (secondary N) is 1. The predicted molar refractivity (Wildman–Crippen MR) is 94.6 cm³/mol. The molecule has 0 aromatic heterocycles. The lowest BCUT2D eigenvalue weighted by molar-refractivity contribution is -0.113. The Bertz CT molecular complexity index is 601. The number of aldehydes is 1. The molecule has 0 aliphatic carbocycles. The van der Waals surface area contributed by atoms with Gasteiger partial charge >= 0.3 is 0 Å². The van der Waals surface area contributed by atoms with E-state index < -0.39 is 6.10 Å². The second-order valence-corrected chi connectivity index (χ2v) is 5.40. The SMILES string of the molecule is CNCCC[C@@H](C=O)Oc1ccccc1N(C)c1ccccc1. The van der Waals surface area contributed by atoms with Gasteiger partial charge in [-0.3, -0.25) is 4.79 Å². The van der Waals surface area contributed by atoms with Gasteiger partial charge in [0.25, 0.3) is 0 Å². The standard InChI is InChI=1S/C19H24N2O2/c1-20-14-8-11-17(15-22)23-19-13-7-6-12-18(19)21(2)16-9-4-3-5-10-16/h3-7,9-10,12-13,15,17,20H,8,11,14H2,1-2H3/t17-/m0/s1. The fourth-order valence-electron chi connectivity index (χ4n) is 2.42. The summed E-state index contributed by atoms with van der Waals surface area (Å²) in [6, 6.07) is 17.9. The molecule has 2 rings (SSSR count). The van der Waals surface area contributed by atoms with Crippen molar-refractivity contribution in [3.05, 3.63) is 54.6 Å². The van der Waals surface area contributed by atoms with Crippen LogP contribution in [0, 0.1) is 0 Å². The fourth-order valence-corrected chi connectivity index (χ4v) is 2.42. The van der Waals surface area contributed by atoms with Crippen molar-refractivity contribution in [2.45, 2.75) is 18.9 Å². The van der Waals surface area contributed by atoms with E-state index in [0.717, 1.165) is 36.4 Å². The van der Waals surface area contributed by atoms with Crippen LogP contribution in [0.1, 0.15) is 12.8 Å². The van der Waals surface area contributed by atoms with Crippen molar-refractivity contribution in [2.24, 2.45) is 0 Å². The first kappa shape index (κ1) is 17.0. The summed E-state index contributed by atoms with van der Waals surface area (Å²) in [6.07, 6.45) is 2.06. The van der Waals surface area contributed by atoms with Crippen molar-refractivity contribution in [3.8, 4) is 5.75 Å². The van der Waals surface area contributed by atoms with E-state index in [2.05, 4.69) is 10.2 Å². The molecular formula is C19H24N2O2. The number of benzene rings is 2. The van der Waals surface area contributed by atoms with E-state index in [1.54, 1.807) is 0 Å². The maximum atomic E-state index is 11.3. The number of nitrogens with zero attached hydrogens (tertiary/aromatic N) is 1. The highest BCUT2D eigenvalue weighted by Crippen LogP contribution is 2.33. The first-order valence-electron chi connectivity index (χ1n) is 7.90. The summed E-state index contributed by atoms with van der Waals surface area (Å²) in [5, 5.41) is 3.08. The Morgan fingerprint density at radius 1 is 1.13 bits per heavy atom. The van der Waals surface area contributed by atoms with Gasteiger partial charge in [-0.15, -0.1) is 0 Å². The van der Waals surface area contributed by atoms with Crippen LogP contribution in [0.2, 0.25) is 0 Å². The monoisotopic (exact) mass is 312 g/mol. The number of ether oxygens (including phenoxy) is 1. The van der Waals surface area contributed by atoms with Gasteiger partial charge in [-0.2, -0.15) is 0 Å². The van der Waals surface area contributed by atoms with Crippen molar-refractivity contribution in [1.29, 1.82) is 0 Å². The van der Waals surface area contributed by atoms with E-state index in [1.807, 2.05) is 68.7 Å². The zero-order valence-electron chi connectivity index (χ0n) is 13.7. The van der Waals surface area contributed by atoms with Gasteiger partial charge in [0.1, 0.15) is 5.75 Å². The Kier molecular flexibility index (Phi) is 6.63. The largest absolute Gasteiger partial charge is 0.481 e. The molecule has 0 saturated heterocycles. The molecule has 0 aliphatic heterocycles. The van der Waals surface area contributed by atoms with E-state index in [4.69, 9.17) is 4.74 Å². The maximum absolute atomic E-state index is 11.3. The molecule has 0 unspecified atom stereocenters. The molecule has 1 N–H and O–H groups in total. The highest BCUT2D eigenvalue weighted by Gasteiger charge is 2.14. The van der Waals surface area contributed by atoms with Crippen molar-refractivity contribution >= 4 is 17.7 Å². The third kappa shape index (κ3) is 4.83. The highest BCUT2D eigenvalue weighted by atomic mass is 16.5. The molecule has 0 radical (unpaired) electrons. The Morgan fingerprint density at radius 3 is 2.52 bits per heavy atom. The number of hydrogen-bond acceptors (Lipinski definition) is 4. The number of anilines is 2. The smallest absolute Gasteiger partial charge is 0.160 e. The van der Waals surface area contributed by atoms with Gasteiger partial charge in [0.2, 0.25) is 0 Å². The normalized spacial score (nSPS) is 11.7. The molecule has 0 heterocycles. The summed E-state index contributed by atoms with van der Waals surface area (Å²) in [7, 11) is 3.90. The zero-order chi connectivity index (χ0) is 16.5. The van der Waals surface area contributed by atoms with Gasteiger partial charge in [-0.1, -0.05) is 30.3 Å². The second-order valence-electron chi connectivity index (χ2n) is 5.40. The molecule has 0 amide bonds. The van der Waals surface area contributed by atoms with Crippen LogP contribution in [0.3, 0.4) is 0 Å². The number of hydrogen-bond donors (Lipinski definition) is 1. The van der Waals surface area contributed by atoms with Crippen LogP contribution < -0.4 is 15.0 Å². The first-order chi connectivity index (χ1) is 11.3. The van der Waals surface area contributed by atoms with Crippen molar-refractivity contribution in [2.75, 3.05) is 25.5 Å². The molecule has 4 nitrogen and oxygen atoms in total. The molecule has 4 heteroatoms. The Morgan fingerprint density at radius 2 is 1.83 bits per heavy atom. The quantitative estimate of drug-likeness (QED) is 0.569. The van der Waals surface area contributed by atoms with E-state index in [0.29, 0.717) is 6.42 Å². The summed E-state index contributed by atoms with van der Waals surface area (Å²) < 4.78 is 5.95. The molecule has 0 spiro atoms. The number of carbonyl (C=O) groups excluding carboxylic acids is 1. The lowest BCUT2D eigenvalue weighted by atomic mass is 10.2. The Labute approximate surface area is 138 Å². The molecular weight excluding hydrogens is 288 g/mol. The van der Waals surface area contributed by atoms with Gasteiger partial charge < -0.3 is 15.0 Å².